The fourth-order valence-corrected chi connectivity index (χ4v) is 3.70. The molecule has 0 aliphatic rings. The van der Waals surface area contributed by atoms with Crippen LogP contribution >= 0.6 is 11.6 Å². The van der Waals surface area contributed by atoms with Gasteiger partial charge >= 0.3 is 5.97 Å². The highest BCUT2D eigenvalue weighted by Crippen LogP contribution is 2.39. The molecule has 0 saturated heterocycles. The number of hydrogen-bond acceptors (Lipinski definition) is 4. The van der Waals surface area contributed by atoms with Gasteiger partial charge in [0.2, 0.25) is 6.10 Å². The summed E-state index contributed by atoms with van der Waals surface area (Å²) in [6, 6.07) is 13.2. The summed E-state index contributed by atoms with van der Waals surface area (Å²) >= 11 is 6.09. The van der Waals surface area contributed by atoms with E-state index in [1.165, 1.54) is 0 Å². The number of carbonyl (C=O) groups is 1. The fraction of sp³-hybridized carbons (Fsp3) is 0.250. The van der Waals surface area contributed by atoms with Crippen LogP contribution in [0.1, 0.15) is 29.8 Å². The minimum atomic E-state index is -1.18. The second kappa shape index (κ2) is 8.86. The maximum Gasteiger partial charge on any atom is 0.349 e. The minimum absolute atomic E-state index is 0.336. The number of benzene rings is 2. The van der Waals surface area contributed by atoms with Crippen molar-refractivity contribution in [3.05, 3.63) is 76.6 Å². The van der Waals surface area contributed by atoms with Crippen LogP contribution in [0.4, 0.5) is 0 Å². The Morgan fingerprint density at radius 2 is 1.90 bits per heavy atom. The predicted molar refractivity (Wildman–Crippen MR) is 121 cm³/mol. The highest BCUT2D eigenvalue weighted by Gasteiger charge is 2.29. The van der Waals surface area contributed by atoms with E-state index in [2.05, 4.69) is 11.5 Å². The van der Waals surface area contributed by atoms with Gasteiger partial charge in [0.1, 0.15) is 0 Å². The van der Waals surface area contributed by atoms with Gasteiger partial charge in [-0.25, -0.2) is 4.79 Å². The number of fused-ring (bicyclic) bond motifs is 1. The number of hydrogen-bond donors (Lipinski definition) is 1. The molecule has 1 atom stereocenters. The number of allylic oxidation sites excluding steroid dienone is 1. The van der Waals surface area contributed by atoms with E-state index in [1.807, 2.05) is 51.4 Å². The zero-order valence-corrected chi connectivity index (χ0v) is 18.3. The third-order valence-corrected chi connectivity index (χ3v) is 4.97. The Hall–Kier alpha value is -2.89. The molecular weight excluding hydrogens is 400 g/mol. The number of aryl methyl sites for hydroxylation is 1. The van der Waals surface area contributed by atoms with Gasteiger partial charge in [-0.15, -0.1) is 0 Å². The Kier molecular flexibility index (Phi) is 6.44. The molecule has 3 rings (SSSR count). The standard InChI is InChI=1S/C24H25ClN2O3/c1-14(2)30-23(24(28)29)21-15(3)12-20-19(11-10-18(26-20)13-27(4)5)22(21)16-6-8-17(25)9-7-16/h6-12,23H,1,13H2,2-5H3,(H,28,29)/t23-/m0/s1. The van der Waals surface area contributed by atoms with Crippen molar-refractivity contribution >= 4 is 28.5 Å². The van der Waals surface area contributed by atoms with Crippen molar-refractivity contribution in [2.24, 2.45) is 0 Å². The molecule has 5 nitrogen and oxygen atoms in total. The Balaban J connectivity index is 2.35. The normalized spacial score (nSPS) is 12.2. The van der Waals surface area contributed by atoms with Gasteiger partial charge in [0, 0.05) is 22.5 Å². The molecule has 0 amide bonds. The van der Waals surface area contributed by atoms with Crippen molar-refractivity contribution in [1.29, 1.82) is 0 Å². The van der Waals surface area contributed by atoms with Gasteiger partial charge < -0.3 is 14.7 Å². The number of aromatic nitrogens is 1. The van der Waals surface area contributed by atoms with Crippen LogP contribution in [0, 0.1) is 6.92 Å². The molecular formula is C24H25ClN2O3. The van der Waals surface area contributed by atoms with E-state index in [0.29, 0.717) is 22.9 Å². The quantitative estimate of drug-likeness (QED) is 0.500. The van der Waals surface area contributed by atoms with Crippen LogP contribution in [0.15, 0.2) is 54.8 Å². The first-order valence-corrected chi connectivity index (χ1v) is 9.94. The van der Waals surface area contributed by atoms with Gasteiger partial charge in [0.25, 0.3) is 0 Å². The molecule has 30 heavy (non-hydrogen) atoms. The summed E-state index contributed by atoms with van der Waals surface area (Å²) in [7, 11) is 3.98. The number of carboxylic acids is 1. The number of aliphatic carboxylic acids is 1. The fourth-order valence-electron chi connectivity index (χ4n) is 3.58. The van der Waals surface area contributed by atoms with Crippen molar-refractivity contribution in [3.63, 3.8) is 0 Å². The van der Waals surface area contributed by atoms with Crippen LogP contribution in [0.2, 0.25) is 5.02 Å². The van der Waals surface area contributed by atoms with Crippen LogP contribution in [-0.4, -0.2) is 35.1 Å². The van der Waals surface area contributed by atoms with Gasteiger partial charge in [-0.3, -0.25) is 4.98 Å². The number of rotatable bonds is 7. The van der Waals surface area contributed by atoms with Gasteiger partial charge in [-0.1, -0.05) is 36.4 Å². The SMILES string of the molecule is C=C(C)O[C@H](C(=O)O)c1c(C)cc2nc(CN(C)C)ccc2c1-c1ccc(Cl)cc1. The van der Waals surface area contributed by atoms with Crippen molar-refractivity contribution in [2.45, 2.75) is 26.5 Å². The zero-order chi connectivity index (χ0) is 22.0. The monoisotopic (exact) mass is 424 g/mol. The van der Waals surface area contributed by atoms with Crippen LogP contribution < -0.4 is 0 Å². The first-order valence-electron chi connectivity index (χ1n) is 9.56. The van der Waals surface area contributed by atoms with Gasteiger partial charge in [-0.05, 0) is 68.9 Å². The van der Waals surface area contributed by atoms with Crippen LogP contribution in [0.3, 0.4) is 0 Å². The smallest absolute Gasteiger partial charge is 0.349 e. The second-order valence-corrected chi connectivity index (χ2v) is 8.07. The maximum atomic E-state index is 12.1. The Morgan fingerprint density at radius 1 is 1.23 bits per heavy atom. The summed E-state index contributed by atoms with van der Waals surface area (Å²) in [4.78, 5) is 19.0. The highest BCUT2D eigenvalue weighted by atomic mass is 35.5. The average Bonchev–Trinajstić information content (AvgIpc) is 2.65. The number of nitrogens with zero attached hydrogens (tertiary/aromatic N) is 2. The predicted octanol–water partition coefficient (Wildman–Crippen LogP) is 5.60. The van der Waals surface area contributed by atoms with Gasteiger partial charge in [0.05, 0.1) is 17.0 Å². The van der Waals surface area contributed by atoms with E-state index < -0.39 is 12.1 Å². The summed E-state index contributed by atoms with van der Waals surface area (Å²) in [6.07, 6.45) is -1.18. The third kappa shape index (κ3) is 4.64. The number of halogens is 1. The van der Waals surface area contributed by atoms with E-state index in [-0.39, 0.29) is 0 Å². The molecule has 3 aromatic rings. The molecule has 0 aliphatic carbocycles. The van der Waals surface area contributed by atoms with Crippen molar-refractivity contribution in [2.75, 3.05) is 14.1 Å². The molecule has 0 saturated carbocycles. The Morgan fingerprint density at radius 3 is 2.47 bits per heavy atom. The summed E-state index contributed by atoms with van der Waals surface area (Å²) in [5, 5.41) is 11.4. The maximum absolute atomic E-state index is 12.1. The number of carboxylic acid groups (broad SMARTS) is 1. The lowest BCUT2D eigenvalue weighted by Gasteiger charge is -2.23. The van der Waals surface area contributed by atoms with Crippen LogP contribution in [-0.2, 0) is 16.1 Å². The molecule has 0 aliphatic heterocycles. The van der Waals surface area contributed by atoms with Crippen LogP contribution in [0.5, 0.6) is 0 Å². The Bertz CT molecular complexity index is 1110. The second-order valence-electron chi connectivity index (χ2n) is 7.63. The largest absolute Gasteiger partial charge is 0.479 e. The lowest BCUT2D eigenvalue weighted by molar-refractivity contribution is -0.148. The molecule has 0 spiro atoms. The van der Waals surface area contributed by atoms with Crippen molar-refractivity contribution in [3.8, 4) is 11.1 Å². The van der Waals surface area contributed by atoms with E-state index in [0.717, 1.165) is 33.3 Å². The van der Waals surface area contributed by atoms with Crippen molar-refractivity contribution in [1.82, 2.24) is 9.88 Å². The Labute approximate surface area is 181 Å². The molecule has 0 fully saturated rings. The third-order valence-electron chi connectivity index (χ3n) is 4.72. The molecule has 1 N–H and O–H groups in total. The molecule has 0 radical (unpaired) electrons. The molecule has 156 valence electrons. The van der Waals surface area contributed by atoms with E-state index >= 15 is 0 Å². The lowest BCUT2D eigenvalue weighted by Crippen LogP contribution is -2.17. The minimum Gasteiger partial charge on any atom is -0.479 e. The summed E-state index contributed by atoms with van der Waals surface area (Å²) < 4.78 is 5.64. The molecule has 1 heterocycles. The molecule has 1 aromatic heterocycles. The molecule has 6 heteroatoms. The first-order chi connectivity index (χ1) is 14.2. The molecule has 0 unspecified atom stereocenters. The van der Waals surface area contributed by atoms with Gasteiger partial charge in [-0.2, -0.15) is 0 Å². The lowest BCUT2D eigenvalue weighted by atomic mass is 9.88. The van der Waals surface area contributed by atoms with Crippen LogP contribution in [0.25, 0.3) is 22.0 Å². The highest BCUT2D eigenvalue weighted by molar-refractivity contribution is 6.30. The number of pyridine rings is 1. The topological polar surface area (TPSA) is 62.7 Å². The molecule has 2 aromatic carbocycles. The summed E-state index contributed by atoms with van der Waals surface area (Å²) in [5.41, 5.74) is 4.74. The van der Waals surface area contributed by atoms with Gasteiger partial charge in [0.15, 0.2) is 0 Å². The van der Waals surface area contributed by atoms with E-state index in [4.69, 9.17) is 21.3 Å². The van der Waals surface area contributed by atoms with E-state index in [1.54, 1.807) is 19.1 Å². The molecule has 0 bridgehead atoms. The average molecular weight is 425 g/mol. The zero-order valence-electron chi connectivity index (χ0n) is 17.6. The van der Waals surface area contributed by atoms with E-state index in [9.17, 15) is 9.90 Å². The summed E-state index contributed by atoms with van der Waals surface area (Å²) in [5.74, 6) is -0.740. The number of ether oxygens (including phenoxy) is 1. The summed E-state index contributed by atoms with van der Waals surface area (Å²) in [6.45, 7) is 7.96. The van der Waals surface area contributed by atoms with Crippen molar-refractivity contribution < 1.29 is 14.6 Å². The first kappa shape index (κ1) is 21.8.